The van der Waals surface area contributed by atoms with E-state index in [-0.39, 0.29) is 17.4 Å². The highest BCUT2D eigenvalue weighted by molar-refractivity contribution is 5.68. The zero-order chi connectivity index (χ0) is 23.5. The molecule has 6 rings (SSSR count). The summed E-state index contributed by atoms with van der Waals surface area (Å²) in [6, 6.07) is 4.03. The molecule has 2 saturated heterocycles. The van der Waals surface area contributed by atoms with Crippen LogP contribution in [-0.2, 0) is 11.2 Å². The topological polar surface area (TPSA) is 101 Å². The first-order valence-corrected chi connectivity index (χ1v) is 12.2. The number of hydrogen-bond acceptors (Lipinski definition) is 7. The third-order valence-corrected chi connectivity index (χ3v) is 8.76. The zero-order valence-electron chi connectivity index (χ0n) is 19.7. The average molecular weight is 466 g/mol. The number of carbonyl (C=O) groups is 1. The van der Waals surface area contributed by atoms with Crippen molar-refractivity contribution < 1.29 is 19.4 Å². The van der Waals surface area contributed by atoms with E-state index in [2.05, 4.69) is 32.8 Å². The van der Waals surface area contributed by atoms with Gasteiger partial charge in [-0.15, -0.1) is 0 Å². The van der Waals surface area contributed by atoms with E-state index in [1.54, 1.807) is 11.2 Å². The molecule has 1 amide bonds. The third-order valence-electron chi connectivity index (χ3n) is 8.76. The van der Waals surface area contributed by atoms with Crippen LogP contribution in [0.25, 0.3) is 0 Å². The molecule has 3 fully saturated rings. The molecule has 1 N–H and O–H groups in total. The molecule has 9 nitrogen and oxygen atoms in total. The number of ether oxygens (including phenoxy) is 2. The van der Waals surface area contributed by atoms with Gasteiger partial charge in [0.2, 0.25) is 5.88 Å². The monoisotopic (exact) mass is 465 g/mol. The van der Waals surface area contributed by atoms with Crippen LogP contribution < -0.4 is 9.64 Å². The molecule has 34 heavy (non-hydrogen) atoms. The molecule has 3 unspecified atom stereocenters. The number of piperidine rings is 1. The summed E-state index contributed by atoms with van der Waals surface area (Å²) >= 11 is 0. The molecule has 0 radical (unpaired) electrons. The summed E-state index contributed by atoms with van der Waals surface area (Å²) in [4.78, 5) is 29.4. The number of aromatic nitrogens is 3. The Morgan fingerprint density at radius 2 is 2.15 bits per heavy atom. The Morgan fingerprint density at radius 3 is 2.91 bits per heavy atom. The lowest BCUT2D eigenvalue weighted by molar-refractivity contribution is -0.228. The van der Waals surface area contributed by atoms with Crippen molar-refractivity contribution in [3.05, 3.63) is 35.9 Å². The number of carboxylic acid groups (broad SMARTS) is 1. The number of fused-ring (bicyclic) bond motifs is 3. The lowest BCUT2D eigenvalue weighted by Crippen LogP contribution is -2.71. The van der Waals surface area contributed by atoms with Crippen molar-refractivity contribution in [2.24, 2.45) is 16.7 Å². The van der Waals surface area contributed by atoms with Crippen molar-refractivity contribution in [3.8, 4) is 5.88 Å². The maximum Gasteiger partial charge on any atom is 0.407 e. The van der Waals surface area contributed by atoms with Crippen LogP contribution >= 0.6 is 0 Å². The second-order valence-electron chi connectivity index (χ2n) is 10.5. The van der Waals surface area contributed by atoms with E-state index in [9.17, 15) is 9.90 Å². The molecule has 0 spiro atoms. The quantitative estimate of drug-likeness (QED) is 0.733. The second kappa shape index (κ2) is 7.80. The van der Waals surface area contributed by atoms with E-state index in [0.29, 0.717) is 32.2 Å². The molecule has 1 aliphatic carbocycles. The van der Waals surface area contributed by atoms with E-state index < -0.39 is 11.5 Å². The van der Waals surface area contributed by atoms with Gasteiger partial charge < -0.3 is 24.4 Å². The molecule has 180 valence electrons. The molecule has 9 heteroatoms. The predicted octanol–water partition coefficient (Wildman–Crippen LogP) is 3.44. The number of pyridine rings is 1. The Hall–Kier alpha value is -2.94. The Balaban J connectivity index is 1.36. The lowest BCUT2D eigenvalue weighted by atomic mass is 9.49. The van der Waals surface area contributed by atoms with Crippen LogP contribution in [-0.4, -0.2) is 70.0 Å². The highest BCUT2D eigenvalue weighted by Gasteiger charge is 2.64. The lowest BCUT2D eigenvalue weighted by Gasteiger charge is -2.63. The molecule has 4 aliphatic rings. The fraction of sp³-hybridized carbons (Fsp3) is 0.600. The van der Waals surface area contributed by atoms with Gasteiger partial charge in [-0.25, -0.2) is 14.8 Å². The van der Waals surface area contributed by atoms with Crippen LogP contribution in [0.2, 0.25) is 0 Å². The predicted molar refractivity (Wildman–Crippen MR) is 124 cm³/mol. The highest BCUT2D eigenvalue weighted by Crippen LogP contribution is 2.60. The largest absolute Gasteiger partial charge is 0.473 e. The van der Waals surface area contributed by atoms with Crippen LogP contribution in [0.5, 0.6) is 5.88 Å². The standard InChI is InChI=1S/C25H31N5O4/c1-16-21(30-10-6-18-19(30)5-3-9-26-18)27-15-28-22(16)34-20-17-11-29(23(31)32)13-25(20,14-33-12-17)24(2)7-4-8-24/h3,5,9,15,17,20H,4,6-8,10-14H2,1-2H3,(H,31,32). The normalized spacial score (nSPS) is 29.4. The molecule has 2 bridgehead atoms. The van der Waals surface area contributed by atoms with E-state index in [4.69, 9.17) is 9.47 Å². The van der Waals surface area contributed by atoms with Crippen molar-refractivity contribution in [1.82, 2.24) is 19.9 Å². The van der Waals surface area contributed by atoms with Crippen LogP contribution in [0.15, 0.2) is 24.7 Å². The molecule has 3 atom stereocenters. The minimum Gasteiger partial charge on any atom is -0.473 e. The number of nitrogens with zero attached hydrogens (tertiary/aromatic N) is 5. The zero-order valence-corrected chi connectivity index (χ0v) is 19.7. The first-order valence-electron chi connectivity index (χ1n) is 12.2. The molecule has 0 aromatic carbocycles. The molecule has 2 aromatic heterocycles. The van der Waals surface area contributed by atoms with Gasteiger partial charge in [0, 0.05) is 38.2 Å². The Morgan fingerprint density at radius 1 is 1.29 bits per heavy atom. The molecule has 5 heterocycles. The van der Waals surface area contributed by atoms with Crippen molar-refractivity contribution >= 4 is 17.6 Å². The summed E-state index contributed by atoms with van der Waals surface area (Å²) in [5, 5.41) is 9.84. The first-order chi connectivity index (χ1) is 16.4. The fourth-order valence-corrected chi connectivity index (χ4v) is 6.62. The number of rotatable bonds is 4. The molecule has 1 saturated carbocycles. The van der Waals surface area contributed by atoms with Crippen molar-refractivity contribution in [3.63, 3.8) is 0 Å². The first kappa shape index (κ1) is 21.6. The van der Waals surface area contributed by atoms with Gasteiger partial charge >= 0.3 is 6.09 Å². The van der Waals surface area contributed by atoms with Crippen LogP contribution in [0, 0.1) is 23.7 Å². The van der Waals surface area contributed by atoms with Crippen molar-refractivity contribution in [2.75, 3.05) is 37.7 Å². The number of likely N-dealkylation sites (tertiary alicyclic amines) is 1. The highest BCUT2D eigenvalue weighted by atomic mass is 16.5. The summed E-state index contributed by atoms with van der Waals surface area (Å²) in [5.41, 5.74) is 2.63. The summed E-state index contributed by atoms with van der Waals surface area (Å²) in [7, 11) is 0. The average Bonchev–Trinajstić information content (AvgIpc) is 3.22. The maximum atomic E-state index is 12.0. The Bertz CT molecular complexity index is 1120. The smallest absolute Gasteiger partial charge is 0.407 e. The van der Waals surface area contributed by atoms with Crippen LogP contribution in [0.3, 0.4) is 0 Å². The number of amides is 1. The molecule has 3 aliphatic heterocycles. The molecule has 2 aromatic rings. The SMILES string of the molecule is Cc1c(OC2C3COCC2(C2(C)CCC2)CN(C(=O)O)C3)ncnc1N1CCc2ncccc21. The fourth-order valence-electron chi connectivity index (χ4n) is 6.62. The minimum absolute atomic E-state index is 0.0201. The van der Waals surface area contributed by atoms with Crippen LogP contribution in [0.1, 0.15) is 37.4 Å². The summed E-state index contributed by atoms with van der Waals surface area (Å²) in [6.45, 7) is 6.96. The van der Waals surface area contributed by atoms with Crippen molar-refractivity contribution in [2.45, 2.75) is 45.6 Å². The Labute approximate surface area is 199 Å². The van der Waals surface area contributed by atoms with Gasteiger partial charge in [-0.2, -0.15) is 0 Å². The second-order valence-corrected chi connectivity index (χ2v) is 10.5. The Kier molecular flexibility index (Phi) is 4.95. The van der Waals surface area contributed by atoms with Gasteiger partial charge in [-0.3, -0.25) is 4.98 Å². The van der Waals surface area contributed by atoms with Gasteiger partial charge in [0.15, 0.2) is 0 Å². The number of anilines is 2. The number of hydrogen-bond donors (Lipinski definition) is 1. The van der Waals surface area contributed by atoms with Gasteiger partial charge in [-0.1, -0.05) is 13.3 Å². The van der Waals surface area contributed by atoms with Gasteiger partial charge in [0.1, 0.15) is 18.2 Å². The van der Waals surface area contributed by atoms with Crippen LogP contribution in [0.4, 0.5) is 16.3 Å². The summed E-state index contributed by atoms with van der Waals surface area (Å²) in [5.74, 6) is 1.38. The summed E-state index contributed by atoms with van der Waals surface area (Å²) < 4.78 is 12.9. The molecular weight excluding hydrogens is 434 g/mol. The van der Waals surface area contributed by atoms with E-state index >= 15 is 0 Å². The summed E-state index contributed by atoms with van der Waals surface area (Å²) in [6.07, 6.45) is 6.53. The van der Waals surface area contributed by atoms with Gasteiger partial charge in [-0.05, 0) is 37.3 Å². The third kappa shape index (κ3) is 3.09. The van der Waals surface area contributed by atoms with E-state index in [1.807, 2.05) is 19.2 Å². The van der Waals surface area contributed by atoms with Gasteiger partial charge in [0.25, 0.3) is 0 Å². The van der Waals surface area contributed by atoms with Crippen molar-refractivity contribution in [1.29, 1.82) is 0 Å². The van der Waals surface area contributed by atoms with Gasteiger partial charge in [0.05, 0.1) is 35.6 Å². The molecular formula is C25H31N5O4. The maximum absolute atomic E-state index is 12.0. The van der Waals surface area contributed by atoms with E-state index in [0.717, 1.165) is 55.0 Å². The minimum atomic E-state index is -0.862. The van der Waals surface area contributed by atoms with E-state index in [1.165, 1.54) is 0 Å².